The van der Waals surface area contributed by atoms with Gasteiger partial charge in [0.1, 0.15) is 0 Å². The fraction of sp³-hybridized carbons (Fsp3) is 0.900. The third-order valence-corrected chi connectivity index (χ3v) is 2.25. The Morgan fingerprint density at radius 2 is 1.79 bits per heavy atom. The molecule has 0 rings (SSSR count). The number of aliphatic carboxylic acids is 1. The van der Waals surface area contributed by atoms with Crippen LogP contribution < -0.4 is 5.73 Å². The van der Waals surface area contributed by atoms with E-state index in [1.54, 1.807) is 6.92 Å². The van der Waals surface area contributed by atoms with Gasteiger partial charge in [0.05, 0.1) is 12.0 Å². The van der Waals surface area contributed by atoms with E-state index in [-0.39, 0.29) is 12.5 Å². The zero-order chi connectivity index (χ0) is 11.3. The summed E-state index contributed by atoms with van der Waals surface area (Å²) in [6.45, 7) is 5.62. The van der Waals surface area contributed by atoms with Crippen molar-refractivity contribution in [3.63, 3.8) is 0 Å². The predicted molar refractivity (Wildman–Crippen MR) is 54.9 cm³/mol. The highest BCUT2D eigenvalue weighted by Gasteiger charge is 2.21. The summed E-state index contributed by atoms with van der Waals surface area (Å²) in [6.07, 6.45) is 0.222. The first-order valence-corrected chi connectivity index (χ1v) is 5.01. The predicted octanol–water partition coefficient (Wildman–Crippen LogP) is 0.832. The Kier molecular flexibility index (Phi) is 5.72. The lowest BCUT2D eigenvalue weighted by molar-refractivity contribution is -0.142. The van der Waals surface area contributed by atoms with Gasteiger partial charge in [0.2, 0.25) is 0 Å². The van der Waals surface area contributed by atoms with Gasteiger partial charge in [-0.15, -0.1) is 0 Å². The van der Waals surface area contributed by atoms with E-state index in [2.05, 4.69) is 0 Å². The van der Waals surface area contributed by atoms with Crippen LogP contribution in [-0.2, 0) is 4.79 Å². The largest absolute Gasteiger partial charge is 0.481 e. The van der Waals surface area contributed by atoms with Crippen LogP contribution in [-0.4, -0.2) is 28.3 Å². The van der Waals surface area contributed by atoms with Crippen LogP contribution in [0.5, 0.6) is 0 Å². The van der Waals surface area contributed by atoms with Crippen molar-refractivity contribution in [1.29, 1.82) is 0 Å². The fourth-order valence-corrected chi connectivity index (χ4v) is 1.34. The van der Waals surface area contributed by atoms with Gasteiger partial charge in [0, 0.05) is 6.04 Å². The van der Waals surface area contributed by atoms with Crippen molar-refractivity contribution in [3.8, 4) is 0 Å². The summed E-state index contributed by atoms with van der Waals surface area (Å²) in [5.74, 6) is -1.01. The summed E-state index contributed by atoms with van der Waals surface area (Å²) in [6, 6.07) is -0.322. The third kappa shape index (κ3) is 5.19. The molecule has 0 fully saturated rings. The summed E-state index contributed by atoms with van der Waals surface area (Å²) in [5.41, 5.74) is 5.72. The molecule has 0 aromatic carbocycles. The molecule has 0 aliphatic heterocycles. The minimum absolute atomic E-state index is 0.225. The molecular weight excluding hydrogens is 182 g/mol. The molecule has 0 saturated heterocycles. The maximum Gasteiger partial charge on any atom is 0.306 e. The molecule has 4 nitrogen and oxygen atoms in total. The Morgan fingerprint density at radius 1 is 1.29 bits per heavy atom. The third-order valence-electron chi connectivity index (χ3n) is 2.25. The van der Waals surface area contributed by atoms with Crippen LogP contribution in [0.15, 0.2) is 0 Å². The molecule has 84 valence electrons. The SMILES string of the molecule is CC(C)C[C@H](N)[C@@H](O)C[C@@H](C)C(=O)O. The van der Waals surface area contributed by atoms with E-state index in [1.807, 2.05) is 13.8 Å². The van der Waals surface area contributed by atoms with Crippen molar-refractivity contribution in [3.05, 3.63) is 0 Å². The number of nitrogens with two attached hydrogens (primary N) is 1. The fourth-order valence-electron chi connectivity index (χ4n) is 1.34. The van der Waals surface area contributed by atoms with E-state index >= 15 is 0 Å². The van der Waals surface area contributed by atoms with Crippen LogP contribution in [0.25, 0.3) is 0 Å². The first-order chi connectivity index (χ1) is 6.34. The number of aliphatic hydroxyl groups is 1. The molecule has 4 N–H and O–H groups in total. The Balaban J connectivity index is 3.94. The molecule has 3 atom stereocenters. The Hall–Kier alpha value is -0.610. The Morgan fingerprint density at radius 3 is 2.14 bits per heavy atom. The average Bonchev–Trinajstić information content (AvgIpc) is 2.02. The van der Waals surface area contributed by atoms with Gasteiger partial charge in [-0.3, -0.25) is 4.79 Å². The lowest BCUT2D eigenvalue weighted by Gasteiger charge is -2.21. The topological polar surface area (TPSA) is 83.5 Å². The summed E-state index contributed by atoms with van der Waals surface area (Å²) in [7, 11) is 0. The normalized spacial score (nSPS) is 17.9. The molecule has 0 aliphatic carbocycles. The quantitative estimate of drug-likeness (QED) is 0.597. The highest BCUT2D eigenvalue weighted by atomic mass is 16.4. The first kappa shape index (κ1) is 13.4. The molecule has 0 bridgehead atoms. The zero-order valence-electron chi connectivity index (χ0n) is 9.10. The molecule has 0 aromatic rings. The monoisotopic (exact) mass is 203 g/mol. The number of carboxylic acid groups (broad SMARTS) is 1. The highest BCUT2D eigenvalue weighted by molar-refractivity contribution is 5.69. The molecule has 0 spiro atoms. The lowest BCUT2D eigenvalue weighted by Crippen LogP contribution is -2.37. The zero-order valence-corrected chi connectivity index (χ0v) is 9.10. The summed E-state index contributed by atoms with van der Waals surface area (Å²) >= 11 is 0. The van der Waals surface area contributed by atoms with Gasteiger partial charge in [-0.1, -0.05) is 20.8 Å². The van der Waals surface area contributed by atoms with Gasteiger partial charge in [0.15, 0.2) is 0 Å². The molecule has 0 heterocycles. The molecule has 0 radical (unpaired) electrons. The molecule has 4 heteroatoms. The Bertz CT molecular complexity index is 182. The summed E-state index contributed by atoms with van der Waals surface area (Å²) < 4.78 is 0. The van der Waals surface area contributed by atoms with Gasteiger partial charge >= 0.3 is 5.97 Å². The van der Waals surface area contributed by atoms with Crippen LogP contribution >= 0.6 is 0 Å². The average molecular weight is 203 g/mol. The summed E-state index contributed by atoms with van der Waals surface area (Å²) in [4.78, 5) is 10.5. The first-order valence-electron chi connectivity index (χ1n) is 5.01. The number of carboxylic acids is 1. The van der Waals surface area contributed by atoms with Crippen molar-refractivity contribution < 1.29 is 15.0 Å². The Labute approximate surface area is 85.1 Å². The minimum Gasteiger partial charge on any atom is -0.481 e. The van der Waals surface area contributed by atoms with Crippen LogP contribution in [0.2, 0.25) is 0 Å². The summed E-state index contributed by atoms with van der Waals surface area (Å²) in [5, 5.41) is 18.2. The molecule has 0 aliphatic rings. The number of aliphatic hydroxyl groups excluding tert-OH is 1. The van der Waals surface area contributed by atoms with Gasteiger partial charge in [-0.2, -0.15) is 0 Å². The van der Waals surface area contributed by atoms with Gasteiger partial charge < -0.3 is 15.9 Å². The van der Waals surface area contributed by atoms with Crippen molar-refractivity contribution in [1.82, 2.24) is 0 Å². The molecule has 0 amide bonds. The van der Waals surface area contributed by atoms with Crippen molar-refractivity contribution in [2.75, 3.05) is 0 Å². The smallest absolute Gasteiger partial charge is 0.306 e. The number of carbonyl (C=O) groups is 1. The number of rotatable bonds is 6. The number of hydrogen-bond donors (Lipinski definition) is 3. The standard InChI is InChI=1S/C10H21NO3/c1-6(2)4-8(11)9(12)5-7(3)10(13)14/h6-9,12H,4-5,11H2,1-3H3,(H,13,14)/t7-,8+,9+/m1/s1. The van der Waals surface area contributed by atoms with Gasteiger partial charge in [-0.25, -0.2) is 0 Å². The second-order valence-corrected chi connectivity index (χ2v) is 4.34. The van der Waals surface area contributed by atoms with Gasteiger partial charge in [-0.05, 0) is 18.8 Å². The maximum atomic E-state index is 10.5. The maximum absolute atomic E-state index is 10.5. The van der Waals surface area contributed by atoms with Crippen molar-refractivity contribution in [2.45, 2.75) is 45.8 Å². The molecular formula is C10H21NO3. The van der Waals surface area contributed by atoms with Crippen molar-refractivity contribution in [2.24, 2.45) is 17.6 Å². The van der Waals surface area contributed by atoms with Crippen molar-refractivity contribution >= 4 is 5.97 Å². The minimum atomic E-state index is -0.888. The molecule has 14 heavy (non-hydrogen) atoms. The van der Waals surface area contributed by atoms with E-state index in [1.165, 1.54) is 0 Å². The molecule has 0 aromatic heterocycles. The van der Waals surface area contributed by atoms with E-state index in [0.717, 1.165) is 0 Å². The second-order valence-electron chi connectivity index (χ2n) is 4.34. The highest BCUT2D eigenvalue weighted by Crippen LogP contribution is 2.13. The lowest BCUT2D eigenvalue weighted by atomic mass is 9.94. The van der Waals surface area contributed by atoms with Crippen LogP contribution in [0, 0.1) is 11.8 Å². The van der Waals surface area contributed by atoms with E-state index in [0.29, 0.717) is 12.3 Å². The second kappa shape index (κ2) is 5.98. The van der Waals surface area contributed by atoms with E-state index in [4.69, 9.17) is 10.8 Å². The van der Waals surface area contributed by atoms with Crippen LogP contribution in [0.3, 0.4) is 0 Å². The number of hydrogen-bond acceptors (Lipinski definition) is 3. The van der Waals surface area contributed by atoms with E-state index < -0.39 is 18.0 Å². The van der Waals surface area contributed by atoms with Gasteiger partial charge in [0.25, 0.3) is 0 Å². The van der Waals surface area contributed by atoms with Crippen LogP contribution in [0.1, 0.15) is 33.6 Å². The van der Waals surface area contributed by atoms with E-state index in [9.17, 15) is 9.90 Å². The molecule has 0 unspecified atom stereocenters. The van der Waals surface area contributed by atoms with Crippen LogP contribution in [0.4, 0.5) is 0 Å². The molecule has 0 saturated carbocycles.